The summed E-state index contributed by atoms with van der Waals surface area (Å²) in [5.74, 6) is -0.382. The van der Waals surface area contributed by atoms with Crippen LogP contribution in [0.25, 0.3) is 0 Å². The summed E-state index contributed by atoms with van der Waals surface area (Å²) in [5, 5.41) is 0. The normalized spacial score (nSPS) is 39.1. The summed E-state index contributed by atoms with van der Waals surface area (Å²) in [6, 6.07) is 0. The summed E-state index contributed by atoms with van der Waals surface area (Å²) >= 11 is 0. The molecule has 0 amide bonds. The summed E-state index contributed by atoms with van der Waals surface area (Å²) in [5.41, 5.74) is 6.75. The highest BCUT2D eigenvalue weighted by atomic mass is 19.1. The van der Waals surface area contributed by atoms with Crippen molar-refractivity contribution in [3.8, 4) is 0 Å². The highest BCUT2D eigenvalue weighted by Crippen LogP contribution is 2.38. The van der Waals surface area contributed by atoms with E-state index in [1.165, 1.54) is 5.57 Å². The molecule has 0 radical (unpaired) electrons. The van der Waals surface area contributed by atoms with Crippen LogP contribution in [0.2, 0.25) is 0 Å². The highest BCUT2D eigenvalue weighted by molar-refractivity contribution is 5.01. The summed E-state index contributed by atoms with van der Waals surface area (Å²) in [7, 11) is 0. The van der Waals surface area contributed by atoms with Crippen molar-refractivity contribution in [3.05, 3.63) is 12.2 Å². The Labute approximate surface area is 86.6 Å². The maximum Gasteiger partial charge on any atom is 0.159 e. The maximum absolute atomic E-state index is 13.6. The third-order valence-electron chi connectivity index (χ3n) is 3.53. The second-order valence-corrected chi connectivity index (χ2v) is 4.73. The topological polar surface area (TPSA) is 26.0 Å². The fourth-order valence-corrected chi connectivity index (χ4v) is 2.52. The number of rotatable bonds is 2. The SMILES string of the molecule is C=C(C)C1CCC(N)(F)CCC1CC. The van der Waals surface area contributed by atoms with Crippen molar-refractivity contribution in [2.24, 2.45) is 17.6 Å². The van der Waals surface area contributed by atoms with Gasteiger partial charge in [0.05, 0.1) is 0 Å². The molecule has 0 heterocycles. The first-order valence-electron chi connectivity index (χ1n) is 5.59. The molecule has 0 aromatic rings. The Morgan fingerprint density at radius 2 is 2.07 bits per heavy atom. The van der Waals surface area contributed by atoms with E-state index in [0.717, 1.165) is 19.3 Å². The fraction of sp³-hybridized carbons (Fsp3) is 0.833. The van der Waals surface area contributed by atoms with Crippen LogP contribution in [0.5, 0.6) is 0 Å². The molecule has 1 fully saturated rings. The van der Waals surface area contributed by atoms with Crippen LogP contribution in [0, 0.1) is 11.8 Å². The zero-order valence-corrected chi connectivity index (χ0v) is 9.35. The van der Waals surface area contributed by atoms with E-state index in [-0.39, 0.29) is 0 Å². The zero-order valence-electron chi connectivity index (χ0n) is 9.35. The van der Waals surface area contributed by atoms with Crippen LogP contribution in [-0.4, -0.2) is 5.79 Å². The van der Waals surface area contributed by atoms with E-state index in [2.05, 4.69) is 20.4 Å². The van der Waals surface area contributed by atoms with Gasteiger partial charge in [0, 0.05) is 0 Å². The van der Waals surface area contributed by atoms with Crippen LogP contribution in [0.1, 0.15) is 46.0 Å². The van der Waals surface area contributed by atoms with Crippen LogP contribution in [0.3, 0.4) is 0 Å². The Hall–Kier alpha value is -0.370. The lowest BCUT2D eigenvalue weighted by molar-refractivity contribution is 0.146. The Kier molecular flexibility index (Phi) is 3.71. The van der Waals surface area contributed by atoms with Gasteiger partial charge in [-0.2, -0.15) is 0 Å². The number of hydrogen-bond donors (Lipinski definition) is 1. The molecule has 1 saturated carbocycles. The van der Waals surface area contributed by atoms with Gasteiger partial charge in [-0.25, -0.2) is 4.39 Å². The Bertz CT molecular complexity index is 210. The van der Waals surface area contributed by atoms with E-state index in [9.17, 15) is 4.39 Å². The van der Waals surface area contributed by atoms with Gasteiger partial charge in [-0.1, -0.05) is 25.5 Å². The third-order valence-corrected chi connectivity index (χ3v) is 3.53. The van der Waals surface area contributed by atoms with Gasteiger partial charge >= 0.3 is 0 Å². The molecule has 2 heteroatoms. The van der Waals surface area contributed by atoms with Gasteiger partial charge in [0.15, 0.2) is 5.79 Å². The molecule has 1 rings (SSSR count). The largest absolute Gasteiger partial charge is 0.299 e. The van der Waals surface area contributed by atoms with Crippen molar-refractivity contribution in [2.75, 3.05) is 0 Å². The second kappa shape index (κ2) is 4.43. The van der Waals surface area contributed by atoms with Crippen molar-refractivity contribution in [2.45, 2.75) is 51.7 Å². The van der Waals surface area contributed by atoms with Crippen molar-refractivity contribution in [1.29, 1.82) is 0 Å². The molecule has 3 atom stereocenters. The number of alkyl halides is 1. The van der Waals surface area contributed by atoms with Gasteiger partial charge in [-0.15, -0.1) is 0 Å². The molecule has 0 aromatic heterocycles. The molecule has 1 aliphatic carbocycles. The molecule has 0 aromatic carbocycles. The van der Waals surface area contributed by atoms with Gasteiger partial charge in [-0.05, 0) is 44.4 Å². The Balaban J connectivity index is 2.70. The Morgan fingerprint density at radius 1 is 1.50 bits per heavy atom. The van der Waals surface area contributed by atoms with E-state index in [0.29, 0.717) is 24.7 Å². The van der Waals surface area contributed by atoms with E-state index >= 15 is 0 Å². The van der Waals surface area contributed by atoms with Crippen molar-refractivity contribution in [1.82, 2.24) is 0 Å². The highest BCUT2D eigenvalue weighted by Gasteiger charge is 2.33. The number of allylic oxidation sites excluding steroid dienone is 1. The molecule has 82 valence electrons. The average Bonchev–Trinajstić information content (AvgIpc) is 2.23. The molecule has 1 nitrogen and oxygen atoms in total. The summed E-state index contributed by atoms with van der Waals surface area (Å²) in [4.78, 5) is 0. The first-order chi connectivity index (χ1) is 6.46. The summed E-state index contributed by atoms with van der Waals surface area (Å²) in [6.07, 6.45) is 3.87. The van der Waals surface area contributed by atoms with Crippen LogP contribution < -0.4 is 5.73 Å². The molecular weight excluding hydrogens is 177 g/mol. The number of nitrogens with two attached hydrogens (primary N) is 1. The predicted octanol–water partition coefficient (Wildman–Crippen LogP) is 3.40. The van der Waals surface area contributed by atoms with E-state index in [4.69, 9.17) is 5.73 Å². The van der Waals surface area contributed by atoms with Crippen LogP contribution in [-0.2, 0) is 0 Å². The van der Waals surface area contributed by atoms with E-state index in [1.807, 2.05) is 0 Å². The van der Waals surface area contributed by atoms with Crippen LogP contribution in [0.15, 0.2) is 12.2 Å². The number of halogens is 1. The lowest BCUT2D eigenvalue weighted by atomic mass is 9.82. The molecule has 14 heavy (non-hydrogen) atoms. The van der Waals surface area contributed by atoms with Crippen LogP contribution in [0.4, 0.5) is 4.39 Å². The standard InChI is InChI=1S/C12H22FN/c1-4-10-5-7-12(13,14)8-6-11(10)9(2)3/h10-11H,2,4-8,14H2,1,3H3. The van der Waals surface area contributed by atoms with Gasteiger partial charge in [0.1, 0.15) is 0 Å². The van der Waals surface area contributed by atoms with Crippen molar-refractivity contribution in [3.63, 3.8) is 0 Å². The lowest BCUT2D eigenvalue weighted by Gasteiger charge is -2.23. The summed E-state index contributed by atoms with van der Waals surface area (Å²) < 4.78 is 13.6. The minimum absolute atomic E-state index is 0.473. The van der Waals surface area contributed by atoms with Gasteiger partial charge in [0.25, 0.3) is 0 Å². The van der Waals surface area contributed by atoms with Gasteiger partial charge < -0.3 is 0 Å². The summed E-state index contributed by atoms with van der Waals surface area (Å²) in [6.45, 7) is 8.22. The van der Waals surface area contributed by atoms with E-state index < -0.39 is 5.79 Å². The maximum atomic E-state index is 13.6. The second-order valence-electron chi connectivity index (χ2n) is 4.73. The molecule has 0 aliphatic heterocycles. The molecule has 0 bridgehead atoms. The third kappa shape index (κ3) is 2.81. The van der Waals surface area contributed by atoms with Crippen LogP contribution >= 0.6 is 0 Å². The molecule has 0 saturated heterocycles. The van der Waals surface area contributed by atoms with Crippen molar-refractivity contribution < 1.29 is 4.39 Å². The fourth-order valence-electron chi connectivity index (χ4n) is 2.52. The van der Waals surface area contributed by atoms with E-state index in [1.54, 1.807) is 0 Å². The first kappa shape index (κ1) is 11.7. The van der Waals surface area contributed by atoms with Gasteiger partial charge in [0.2, 0.25) is 0 Å². The monoisotopic (exact) mass is 199 g/mol. The first-order valence-corrected chi connectivity index (χ1v) is 5.59. The molecule has 1 aliphatic rings. The lowest BCUT2D eigenvalue weighted by Crippen LogP contribution is -2.33. The number of hydrogen-bond acceptors (Lipinski definition) is 1. The minimum Gasteiger partial charge on any atom is -0.299 e. The van der Waals surface area contributed by atoms with Crippen molar-refractivity contribution >= 4 is 0 Å². The Morgan fingerprint density at radius 3 is 2.57 bits per heavy atom. The minimum atomic E-state index is -1.43. The molecule has 2 N–H and O–H groups in total. The molecule has 0 spiro atoms. The average molecular weight is 199 g/mol. The van der Waals surface area contributed by atoms with Gasteiger partial charge in [-0.3, -0.25) is 5.73 Å². The quantitative estimate of drug-likeness (QED) is 0.412. The smallest absolute Gasteiger partial charge is 0.159 e. The molecule has 3 unspecified atom stereocenters. The zero-order chi connectivity index (χ0) is 10.8. The molecular formula is C12H22FN. The predicted molar refractivity (Wildman–Crippen MR) is 58.6 cm³/mol.